The van der Waals surface area contributed by atoms with Crippen LogP contribution in [0.25, 0.3) is 0 Å². The number of rotatable bonds is 6. The van der Waals surface area contributed by atoms with E-state index in [9.17, 15) is 14.4 Å². The lowest BCUT2D eigenvalue weighted by Gasteiger charge is -2.30. The van der Waals surface area contributed by atoms with Gasteiger partial charge < -0.3 is 15.0 Å². The third kappa shape index (κ3) is 5.06. The number of likely N-dealkylation sites (tertiary alicyclic amines) is 1. The van der Waals surface area contributed by atoms with Crippen molar-refractivity contribution < 1.29 is 19.1 Å². The van der Waals surface area contributed by atoms with Crippen molar-refractivity contribution in [2.24, 2.45) is 5.92 Å². The molecule has 2 heterocycles. The largest absolute Gasteiger partial charge is 0.469 e. The van der Waals surface area contributed by atoms with Crippen molar-refractivity contribution in [2.45, 2.75) is 25.7 Å². The maximum atomic E-state index is 12.1. The molecule has 23 heavy (non-hydrogen) atoms. The van der Waals surface area contributed by atoms with Crippen LogP contribution in [-0.2, 0) is 14.3 Å². The Labute approximate surface area is 139 Å². The van der Waals surface area contributed by atoms with Gasteiger partial charge >= 0.3 is 5.97 Å². The molecule has 7 heteroatoms. The Morgan fingerprint density at radius 2 is 2.09 bits per heavy atom. The molecule has 0 aliphatic carbocycles. The van der Waals surface area contributed by atoms with Gasteiger partial charge in [0.2, 0.25) is 5.91 Å². The summed E-state index contributed by atoms with van der Waals surface area (Å²) in [6.07, 6.45) is 2.35. The van der Waals surface area contributed by atoms with Crippen LogP contribution in [0.15, 0.2) is 17.5 Å². The fourth-order valence-electron chi connectivity index (χ4n) is 2.63. The minimum atomic E-state index is -0.187. The van der Waals surface area contributed by atoms with Crippen molar-refractivity contribution in [1.29, 1.82) is 0 Å². The molecule has 1 aliphatic rings. The fraction of sp³-hybridized carbons (Fsp3) is 0.562. The van der Waals surface area contributed by atoms with Gasteiger partial charge in [-0.15, -0.1) is 11.3 Å². The smallest absolute Gasteiger partial charge is 0.308 e. The number of methoxy groups -OCH3 is 1. The van der Waals surface area contributed by atoms with Gasteiger partial charge in [-0.1, -0.05) is 6.07 Å². The number of amides is 2. The van der Waals surface area contributed by atoms with Crippen LogP contribution in [0, 0.1) is 5.92 Å². The molecular formula is C16H22N2O4S. The second-order valence-corrected chi connectivity index (χ2v) is 6.46. The van der Waals surface area contributed by atoms with Crippen LogP contribution in [0.1, 0.15) is 35.4 Å². The second-order valence-electron chi connectivity index (χ2n) is 5.51. The van der Waals surface area contributed by atoms with Crippen LogP contribution in [0.2, 0.25) is 0 Å². The molecule has 0 saturated carbocycles. The summed E-state index contributed by atoms with van der Waals surface area (Å²) < 4.78 is 4.74. The number of thiophene rings is 1. The summed E-state index contributed by atoms with van der Waals surface area (Å²) in [5.74, 6) is -0.285. The molecule has 1 aliphatic heterocycles. The number of carbonyl (C=O) groups is 3. The highest BCUT2D eigenvalue weighted by molar-refractivity contribution is 7.12. The van der Waals surface area contributed by atoms with E-state index in [1.54, 1.807) is 11.0 Å². The van der Waals surface area contributed by atoms with Crippen molar-refractivity contribution in [3.05, 3.63) is 22.4 Å². The average molecular weight is 338 g/mol. The van der Waals surface area contributed by atoms with Crippen LogP contribution in [0.3, 0.4) is 0 Å². The van der Waals surface area contributed by atoms with Crippen molar-refractivity contribution >= 4 is 29.1 Å². The first-order valence-electron chi connectivity index (χ1n) is 7.79. The summed E-state index contributed by atoms with van der Waals surface area (Å²) in [5, 5.41) is 4.67. The van der Waals surface area contributed by atoms with Crippen molar-refractivity contribution in [3.8, 4) is 0 Å². The predicted molar refractivity (Wildman–Crippen MR) is 87.2 cm³/mol. The number of nitrogens with zero attached hydrogens (tertiary/aromatic N) is 1. The molecule has 1 fully saturated rings. The molecular weight excluding hydrogens is 316 g/mol. The van der Waals surface area contributed by atoms with E-state index in [2.05, 4.69) is 5.32 Å². The molecule has 1 saturated heterocycles. The van der Waals surface area contributed by atoms with Gasteiger partial charge in [0, 0.05) is 26.1 Å². The first-order chi connectivity index (χ1) is 11.1. The number of piperidine rings is 1. The van der Waals surface area contributed by atoms with Crippen molar-refractivity contribution in [1.82, 2.24) is 10.2 Å². The molecule has 2 rings (SSSR count). The van der Waals surface area contributed by atoms with Crippen LogP contribution in [0.4, 0.5) is 0 Å². The molecule has 0 spiro atoms. The van der Waals surface area contributed by atoms with Crippen LogP contribution < -0.4 is 5.32 Å². The molecule has 0 unspecified atom stereocenters. The lowest BCUT2D eigenvalue weighted by atomic mass is 9.97. The van der Waals surface area contributed by atoms with Gasteiger partial charge in [0.05, 0.1) is 17.9 Å². The summed E-state index contributed by atoms with van der Waals surface area (Å²) in [6.45, 7) is 1.68. The first kappa shape index (κ1) is 17.5. The number of ether oxygens (including phenoxy) is 1. The number of hydrogen-bond acceptors (Lipinski definition) is 5. The molecule has 0 aromatic carbocycles. The SMILES string of the molecule is COC(=O)C1CCN(C(=O)CCCNC(=O)c2cccs2)CC1. The van der Waals surface area contributed by atoms with Gasteiger partial charge in [0.15, 0.2) is 0 Å². The van der Waals surface area contributed by atoms with E-state index in [4.69, 9.17) is 4.74 Å². The number of esters is 1. The Kier molecular flexibility index (Phi) is 6.58. The number of nitrogens with one attached hydrogen (secondary N) is 1. The highest BCUT2D eigenvalue weighted by Gasteiger charge is 2.27. The van der Waals surface area contributed by atoms with Crippen molar-refractivity contribution in [2.75, 3.05) is 26.7 Å². The lowest BCUT2D eigenvalue weighted by Crippen LogP contribution is -2.40. The Hall–Kier alpha value is -1.89. The van der Waals surface area contributed by atoms with Gasteiger partial charge in [0.1, 0.15) is 0 Å². The summed E-state index contributed by atoms with van der Waals surface area (Å²) in [4.78, 5) is 37.8. The second kappa shape index (κ2) is 8.67. The minimum Gasteiger partial charge on any atom is -0.469 e. The third-order valence-corrected chi connectivity index (χ3v) is 4.85. The van der Waals surface area contributed by atoms with Gasteiger partial charge in [-0.2, -0.15) is 0 Å². The minimum absolute atomic E-state index is 0.0821. The van der Waals surface area contributed by atoms with E-state index in [1.807, 2.05) is 11.4 Å². The zero-order chi connectivity index (χ0) is 16.7. The Balaban J connectivity index is 1.62. The molecule has 6 nitrogen and oxygen atoms in total. The highest BCUT2D eigenvalue weighted by Crippen LogP contribution is 2.19. The standard InChI is InChI=1S/C16H22N2O4S/c1-22-16(21)12-6-9-18(10-7-12)14(19)5-2-8-17-15(20)13-4-3-11-23-13/h3-4,11-12H,2,5-10H2,1H3,(H,17,20). The Morgan fingerprint density at radius 1 is 1.35 bits per heavy atom. The normalized spacial score (nSPS) is 15.3. The maximum absolute atomic E-state index is 12.1. The summed E-state index contributed by atoms with van der Waals surface area (Å²) in [7, 11) is 1.39. The van der Waals surface area contributed by atoms with E-state index in [-0.39, 0.29) is 23.7 Å². The van der Waals surface area contributed by atoms with E-state index >= 15 is 0 Å². The molecule has 1 N–H and O–H groups in total. The fourth-order valence-corrected chi connectivity index (χ4v) is 3.27. The molecule has 2 amide bonds. The summed E-state index contributed by atoms with van der Waals surface area (Å²) >= 11 is 1.40. The van der Waals surface area contributed by atoms with E-state index in [1.165, 1.54) is 18.4 Å². The van der Waals surface area contributed by atoms with Crippen molar-refractivity contribution in [3.63, 3.8) is 0 Å². The monoisotopic (exact) mass is 338 g/mol. The summed E-state index contributed by atoms with van der Waals surface area (Å²) in [5.41, 5.74) is 0. The zero-order valence-corrected chi connectivity index (χ0v) is 14.1. The summed E-state index contributed by atoms with van der Waals surface area (Å²) in [6, 6.07) is 3.61. The van der Waals surface area contributed by atoms with E-state index < -0.39 is 0 Å². The van der Waals surface area contributed by atoms with Crippen LogP contribution in [-0.4, -0.2) is 49.4 Å². The lowest BCUT2D eigenvalue weighted by molar-refractivity contribution is -0.148. The highest BCUT2D eigenvalue weighted by atomic mass is 32.1. The zero-order valence-electron chi connectivity index (χ0n) is 13.2. The predicted octanol–water partition coefficient (Wildman–Crippen LogP) is 1.67. The topological polar surface area (TPSA) is 75.7 Å². The van der Waals surface area contributed by atoms with E-state index in [0.717, 1.165) is 0 Å². The van der Waals surface area contributed by atoms with Gasteiger partial charge in [-0.05, 0) is 30.7 Å². The molecule has 126 valence electrons. The quantitative estimate of drug-likeness (QED) is 0.632. The molecule has 0 bridgehead atoms. The Bertz CT molecular complexity index is 536. The average Bonchev–Trinajstić information content (AvgIpc) is 3.12. The van der Waals surface area contributed by atoms with Gasteiger partial charge in [0.25, 0.3) is 5.91 Å². The molecule has 0 atom stereocenters. The number of carbonyl (C=O) groups excluding carboxylic acids is 3. The van der Waals surface area contributed by atoms with Gasteiger partial charge in [-0.3, -0.25) is 14.4 Å². The third-order valence-electron chi connectivity index (χ3n) is 3.98. The Morgan fingerprint density at radius 3 is 2.70 bits per heavy atom. The molecule has 0 radical (unpaired) electrons. The van der Waals surface area contributed by atoms with Gasteiger partial charge in [-0.25, -0.2) is 0 Å². The van der Waals surface area contributed by atoms with E-state index in [0.29, 0.717) is 50.2 Å². The first-order valence-corrected chi connectivity index (χ1v) is 8.67. The van der Waals surface area contributed by atoms with Crippen LogP contribution in [0.5, 0.6) is 0 Å². The van der Waals surface area contributed by atoms with Crippen LogP contribution >= 0.6 is 11.3 Å². The molecule has 1 aromatic rings. The maximum Gasteiger partial charge on any atom is 0.308 e. The molecule has 1 aromatic heterocycles. The number of hydrogen-bond donors (Lipinski definition) is 1.